The van der Waals surface area contributed by atoms with E-state index in [9.17, 15) is 9.59 Å². The fraction of sp³-hybridized carbons (Fsp3) is 0.867. The molecule has 0 aromatic rings. The van der Waals surface area contributed by atoms with Crippen molar-refractivity contribution in [1.82, 2.24) is 9.80 Å². The number of carbonyl (C=O) groups is 2. The maximum Gasteiger partial charge on any atom is 0.226 e. The molecule has 4 saturated carbocycles. The average Bonchev–Trinajstić information content (AvgIpc) is 3.17. The maximum absolute atomic E-state index is 12.5. The van der Waals surface area contributed by atoms with Crippen molar-refractivity contribution in [3.05, 3.63) is 0 Å². The first-order chi connectivity index (χ1) is 8.93. The predicted molar refractivity (Wildman–Crippen MR) is 72.2 cm³/mol. The molecule has 4 rings (SSSR count). The van der Waals surface area contributed by atoms with Crippen LogP contribution in [0.1, 0.15) is 19.3 Å². The Kier molecular flexibility index (Phi) is 2.88. The van der Waals surface area contributed by atoms with Crippen molar-refractivity contribution >= 4 is 11.8 Å². The Morgan fingerprint density at radius 1 is 0.737 bits per heavy atom. The Balaban J connectivity index is 1.93. The summed E-state index contributed by atoms with van der Waals surface area (Å²) in [5.74, 6) is 2.59. The molecule has 0 saturated heterocycles. The number of carbonyl (C=O) groups excluding carboxylic acids is 2. The number of nitrogens with zero attached hydrogens (tertiary/aromatic N) is 2. The molecule has 0 aromatic heterocycles. The highest BCUT2D eigenvalue weighted by Gasteiger charge is 2.64. The summed E-state index contributed by atoms with van der Waals surface area (Å²) in [5.41, 5.74) is 0. The Morgan fingerprint density at radius 3 is 1.42 bits per heavy atom. The lowest BCUT2D eigenvalue weighted by Crippen LogP contribution is -2.53. The Labute approximate surface area is 115 Å². The van der Waals surface area contributed by atoms with E-state index in [2.05, 4.69) is 0 Å². The van der Waals surface area contributed by atoms with Crippen LogP contribution in [-0.4, -0.2) is 49.8 Å². The van der Waals surface area contributed by atoms with E-state index in [0.29, 0.717) is 11.8 Å². The standard InChI is InChI=1S/C15H24N2O2/c1-16(2)14(18)12-8-5-6-9(11-7-10(8)11)13(12)15(19)17(3)4/h8-13H,5-7H2,1-4H3/t8-,9-,10-,11-,12+,13+/m1/s1. The number of hydrogen-bond acceptors (Lipinski definition) is 2. The van der Waals surface area contributed by atoms with Crippen LogP contribution in [0.25, 0.3) is 0 Å². The minimum atomic E-state index is -0.0626. The Morgan fingerprint density at radius 2 is 1.11 bits per heavy atom. The summed E-state index contributed by atoms with van der Waals surface area (Å²) >= 11 is 0. The topological polar surface area (TPSA) is 40.6 Å². The lowest BCUT2D eigenvalue weighted by atomic mass is 9.58. The molecule has 4 aliphatic carbocycles. The highest BCUT2D eigenvalue weighted by Crippen LogP contribution is 2.66. The van der Waals surface area contributed by atoms with Gasteiger partial charge in [0, 0.05) is 28.2 Å². The fourth-order valence-corrected chi connectivity index (χ4v) is 4.73. The van der Waals surface area contributed by atoms with Crippen LogP contribution in [0.15, 0.2) is 0 Å². The molecule has 0 unspecified atom stereocenters. The third-order valence-corrected chi connectivity index (χ3v) is 5.59. The summed E-state index contributed by atoms with van der Waals surface area (Å²) in [6.45, 7) is 0. The number of fused-ring (bicyclic) bond motifs is 2. The van der Waals surface area contributed by atoms with Crippen LogP contribution in [0.3, 0.4) is 0 Å². The quantitative estimate of drug-likeness (QED) is 0.748. The third kappa shape index (κ3) is 1.79. The van der Waals surface area contributed by atoms with E-state index < -0.39 is 0 Å². The SMILES string of the molecule is CN(C)C(=O)[C@H]1[C@@H]2CC[C@H]([C@H]3C[C@@H]32)[C@@H]1C(=O)N(C)C. The summed E-state index contributed by atoms with van der Waals surface area (Å²) < 4.78 is 0. The average molecular weight is 264 g/mol. The first-order valence-electron chi connectivity index (χ1n) is 7.35. The van der Waals surface area contributed by atoms with Crippen molar-refractivity contribution in [2.45, 2.75) is 19.3 Å². The Bertz CT molecular complexity index is 380. The zero-order chi connectivity index (χ0) is 13.9. The number of amides is 2. The normalized spacial score (nSPS) is 42.5. The molecule has 0 heterocycles. The summed E-state index contributed by atoms with van der Waals surface area (Å²) in [4.78, 5) is 28.4. The van der Waals surface area contributed by atoms with Gasteiger partial charge in [-0.25, -0.2) is 0 Å². The van der Waals surface area contributed by atoms with E-state index in [-0.39, 0.29) is 23.7 Å². The molecule has 6 atom stereocenters. The predicted octanol–water partition coefficient (Wildman–Crippen LogP) is 1.07. The van der Waals surface area contributed by atoms with Crippen molar-refractivity contribution in [2.24, 2.45) is 35.5 Å². The first kappa shape index (κ1) is 12.9. The molecule has 4 nitrogen and oxygen atoms in total. The van der Waals surface area contributed by atoms with Gasteiger partial charge < -0.3 is 9.80 Å². The molecule has 4 heteroatoms. The van der Waals surface area contributed by atoms with Crippen molar-refractivity contribution in [3.63, 3.8) is 0 Å². The molecular formula is C15H24N2O2. The van der Waals surface area contributed by atoms with Gasteiger partial charge in [0.2, 0.25) is 11.8 Å². The largest absolute Gasteiger partial charge is 0.349 e. The zero-order valence-electron chi connectivity index (χ0n) is 12.3. The summed E-state index contributed by atoms with van der Waals surface area (Å²) in [5, 5.41) is 0. The fourth-order valence-electron chi connectivity index (χ4n) is 4.73. The smallest absolute Gasteiger partial charge is 0.226 e. The molecule has 2 amide bonds. The molecule has 0 N–H and O–H groups in total. The van der Waals surface area contributed by atoms with Gasteiger partial charge in [-0.2, -0.15) is 0 Å². The second kappa shape index (κ2) is 4.22. The molecular weight excluding hydrogens is 240 g/mol. The van der Waals surface area contributed by atoms with Gasteiger partial charge in [0.1, 0.15) is 0 Å². The van der Waals surface area contributed by atoms with E-state index in [4.69, 9.17) is 0 Å². The van der Waals surface area contributed by atoms with Crippen LogP contribution in [0.5, 0.6) is 0 Å². The van der Waals surface area contributed by atoms with Crippen LogP contribution in [0.2, 0.25) is 0 Å². The Hall–Kier alpha value is -1.06. The first-order valence-corrected chi connectivity index (χ1v) is 7.35. The third-order valence-electron chi connectivity index (χ3n) is 5.59. The van der Waals surface area contributed by atoms with Crippen molar-refractivity contribution in [2.75, 3.05) is 28.2 Å². The summed E-state index contributed by atoms with van der Waals surface area (Å²) in [6, 6.07) is 0. The van der Waals surface area contributed by atoms with E-state index >= 15 is 0 Å². The van der Waals surface area contributed by atoms with E-state index in [0.717, 1.165) is 24.7 Å². The molecule has 4 fully saturated rings. The second-order valence-corrected chi connectivity index (χ2v) is 6.99. The monoisotopic (exact) mass is 264 g/mol. The van der Waals surface area contributed by atoms with E-state index in [1.807, 2.05) is 28.2 Å². The molecule has 2 bridgehead atoms. The van der Waals surface area contributed by atoms with Crippen LogP contribution in [0.4, 0.5) is 0 Å². The van der Waals surface area contributed by atoms with Crippen LogP contribution < -0.4 is 0 Å². The molecule has 106 valence electrons. The number of rotatable bonds is 2. The van der Waals surface area contributed by atoms with Gasteiger partial charge in [-0.1, -0.05) is 0 Å². The lowest BCUT2D eigenvalue weighted by Gasteiger charge is -2.47. The van der Waals surface area contributed by atoms with Gasteiger partial charge in [0.25, 0.3) is 0 Å². The minimum Gasteiger partial charge on any atom is -0.349 e. The molecule has 19 heavy (non-hydrogen) atoms. The molecule has 0 aliphatic heterocycles. The van der Waals surface area contributed by atoms with Gasteiger partial charge in [0.05, 0.1) is 11.8 Å². The van der Waals surface area contributed by atoms with Crippen LogP contribution in [-0.2, 0) is 9.59 Å². The molecule has 0 spiro atoms. The van der Waals surface area contributed by atoms with Crippen molar-refractivity contribution in [3.8, 4) is 0 Å². The number of hydrogen-bond donors (Lipinski definition) is 0. The zero-order valence-corrected chi connectivity index (χ0v) is 12.3. The highest BCUT2D eigenvalue weighted by atomic mass is 16.2. The second-order valence-electron chi connectivity index (χ2n) is 6.99. The summed E-state index contributed by atoms with van der Waals surface area (Å²) in [6.07, 6.45) is 3.55. The van der Waals surface area contributed by atoms with Gasteiger partial charge >= 0.3 is 0 Å². The summed E-state index contributed by atoms with van der Waals surface area (Å²) in [7, 11) is 7.25. The minimum absolute atomic E-state index is 0.0626. The highest BCUT2D eigenvalue weighted by molar-refractivity contribution is 5.88. The van der Waals surface area contributed by atoms with Crippen LogP contribution in [0, 0.1) is 35.5 Å². The van der Waals surface area contributed by atoms with Gasteiger partial charge in [-0.3, -0.25) is 9.59 Å². The maximum atomic E-state index is 12.5. The van der Waals surface area contributed by atoms with Crippen LogP contribution >= 0.6 is 0 Å². The lowest BCUT2D eigenvalue weighted by molar-refractivity contribution is -0.155. The van der Waals surface area contributed by atoms with Gasteiger partial charge in [-0.05, 0) is 42.9 Å². The molecule has 0 aromatic carbocycles. The van der Waals surface area contributed by atoms with Crippen molar-refractivity contribution in [1.29, 1.82) is 0 Å². The van der Waals surface area contributed by atoms with Gasteiger partial charge in [-0.15, -0.1) is 0 Å². The van der Waals surface area contributed by atoms with Gasteiger partial charge in [0.15, 0.2) is 0 Å². The molecule has 0 radical (unpaired) electrons. The van der Waals surface area contributed by atoms with Crippen molar-refractivity contribution < 1.29 is 9.59 Å². The molecule has 4 aliphatic rings. The van der Waals surface area contributed by atoms with E-state index in [1.165, 1.54) is 6.42 Å². The van der Waals surface area contributed by atoms with E-state index in [1.54, 1.807) is 9.80 Å².